The summed E-state index contributed by atoms with van der Waals surface area (Å²) in [4.78, 5) is 16.6. The van der Waals surface area contributed by atoms with Gasteiger partial charge in [-0.25, -0.2) is 9.67 Å². The van der Waals surface area contributed by atoms with Crippen LogP contribution >= 0.6 is 0 Å². The van der Waals surface area contributed by atoms with E-state index in [1.165, 1.54) is 16.9 Å². The number of rotatable bonds is 6. The van der Waals surface area contributed by atoms with E-state index in [0.29, 0.717) is 23.7 Å². The van der Waals surface area contributed by atoms with Crippen LogP contribution in [0.4, 0.5) is 13.2 Å². The molecular formula is C18H22F3N5O. The lowest BCUT2D eigenvalue weighted by Crippen LogP contribution is -2.42. The first-order valence-electron chi connectivity index (χ1n) is 8.84. The van der Waals surface area contributed by atoms with Gasteiger partial charge in [0.05, 0.1) is 23.0 Å². The number of nitrogens with one attached hydrogen (secondary N) is 1. The maximum Gasteiger partial charge on any atom is 0.417 e. The summed E-state index contributed by atoms with van der Waals surface area (Å²) in [6.45, 7) is 4.13. The Kier molecular flexibility index (Phi) is 5.23. The van der Waals surface area contributed by atoms with Crippen LogP contribution in [0.1, 0.15) is 54.2 Å². The Morgan fingerprint density at radius 2 is 2.04 bits per heavy atom. The van der Waals surface area contributed by atoms with E-state index in [-0.39, 0.29) is 23.7 Å². The molecule has 1 atom stereocenters. The Morgan fingerprint density at radius 3 is 2.52 bits per heavy atom. The zero-order valence-corrected chi connectivity index (χ0v) is 15.1. The van der Waals surface area contributed by atoms with Gasteiger partial charge in [0.15, 0.2) is 5.82 Å². The number of aromatic nitrogens is 3. The summed E-state index contributed by atoms with van der Waals surface area (Å²) < 4.78 is 39.6. The molecule has 9 heteroatoms. The van der Waals surface area contributed by atoms with Crippen LogP contribution < -0.4 is 11.1 Å². The van der Waals surface area contributed by atoms with E-state index in [0.717, 1.165) is 25.1 Å². The van der Waals surface area contributed by atoms with E-state index >= 15 is 0 Å². The predicted molar refractivity (Wildman–Crippen MR) is 93.5 cm³/mol. The van der Waals surface area contributed by atoms with Gasteiger partial charge in [-0.3, -0.25) is 4.79 Å². The van der Waals surface area contributed by atoms with Crippen molar-refractivity contribution in [1.29, 1.82) is 0 Å². The highest BCUT2D eigenvalue weighted by atomic mass is 19.4. The Bertz CT molecular complexity index is 809. The minimum absolute atomic E-state index is 0.0787. The monoisotopic (exact) mass is 381 g/mol. The van der Waals surface area contributed by atoms with Gasteiger partial charge in [0.2, 0.25) is 0 Å². The van der Waals surface area contributed by atoms with Crippen LogP contribution in [0.15, 0.2) is 24.5 Å². The third kappa shape index (κ3) is 4.13. The zero-order valence-electron chi connectivity index (χ0n) is 15.1. The molecule has 1 saturated carbocycles. The van der Waals surface area contributed by atoms with E-state index in [1.54, 1.807) is 0 Å². The Hall–Kier alpha value is -2.42. The van der Waals surface area contributed by atoms with E-state index in [2.05, 4.69) is 15.4 Å². The molecule has 146 valence electrons. The minimum Gasteiger partial charge on any atom is -0.348 e. The van der Waals surface area contributed by atoms with Gasteiger partial charge >= 0.3 is 6.18 Å². The summed E-state index contributed by atoms with van der Waals surface area (Å²) in [7, 11) is 0. The van der Waals surface area contributed by atoms with Gasteiger partial charge in [0.1, 0.15) is 0 Å². The first-order chi connectivity index (χ1) is 12.7. The van der Waals surface area contributed by atoms with Crippen LogP contribution in [0.3, 0.4) is 0 Å². The van der Waals surface area contributed by atoms with Crippen molar-refractivity contribution in [2.45, 2.75) is 44.8 Å². The molecule has 2 aromatic heterocycles. The van der Waals surface area contributed by atoms with Crippen LogP contribution in [-0.4, -0.2) is 33.3 Å². The van der Waals surface area contributed by atoms with Crippen LogP contribution in [0, 0.1) is 5.92 Å². The molecule has 1 amide bonds. The molecular weight excluding hydrogens is 359 g/mol. The lowest BCUT2D eigenvalue weighted by molar-refractivity contribution is -0.137. The van der Waals surface area contributed by atoms with Crippen molar-refractivity contribution >= 4 is 5.91 Å². The first kappa shape index (κ1) is 19.3. The maximum atomic E-state index is 12.7. The normalized spacial score (nSPS) is 15.8. The number of carbonyl (C=O) groups is 1. The summed E-state index contributed by atoms with van der Waals surface area (Å²) in [6, 6.07) is 2.12. The third-order valence-electron chi connectivity index (χ3n) is 4.65. The highest BCUT2D eigenvalue weighted by Gasteiger charge is 2.33. The van der Waals surface area contributed by atoms with Crippen LogP contribution in [0.2, 0.25) is 0 Å². The predicted octanol–water partition coefficient (Wildman–Crippen LogP) is 2.88. The number of nitrogens with zero attached hydrogens (tertiary/aromatic N) is 3. The quantitative estimate of drug-likeness (QED) is 0.806. The largest absolute Gasteiger partial charge is 0.417 e. The molecule has 0 saturated heterocycles. The maximum absolute atomic E-state index is 12.7. The summed E-state index contributed by atoms with van der Waals surface area (Å²) in [6.07, 6.45) is -0.174. The number of hydrogen-bond donors (Lipinski definition) is 2. The number of alkyl halides is 3. The fraction of sp³-hybridized carbons (Fsp3) is 0.500. The second-order valence-corrected chi connectivity index (χ2v) is 7.07. The number of halogens is 3. The smallest absolute Gasteiger partial charge is 0.348 e. The summed E-state index contributed by atoms with van der Waals surface area (Å²) in [5.74, 6) is 0.269. The highest BCUT2D eigenvalue weighted by Crippen LogP contribution is 2.33. The molecule has 3 N–H and O–H groups in total. The van der Waals surface area contributed by atoms with Gasteiger partial charge in [-0.15, -0.1) is 0 Å². The number of carbonyl (C=O) groups excluding carboxylic acids is 1. The standard InChI is InChI=1S/C18H22F3N5O/c1-10(2)16-13(17(27)25-14(7-22)11-3-4-11)9-24-26(16)15-6-5-12(8-23-15)18(19,20)21/h5-6,8-11,14H,3-4,7,22H2,1-2H3,(H,25,27)/t14-/m1/s1. The number of nitrogens with two attached hydrogens (primary N) is 1. The number of amides is 1. The summed E-state index contributed by atoms with van der Waals surface area (Å²) in [5.41, 5.74) is 5.88. The van der Waals surface area contributed by atoms with Crippen molar-refractivity contribution in [3.8, 4) is 5.82 Å². The summed E-state index contributed by atoms with van der Waals surface area (Å²) in [5, 5.41) is 7.14. The van der Waals surface area contributed by atoms with Crippen molar-refractivity contribution < 1.29 is 18.0 Å². The third-order valence-corrected chi connectivity index (χ3v) is 4.65. The fourth-order valence-corrected chi connectivity index (χ4v) is 3.06. The summed E-state index contributed by atoms with van der Waals surface area (Å²) >= 11 is 0. The van der Waals surface area contributed by atoms with E-state index < -0.39 is 11.7 Å². The lowest BCUT2D eigenvalue weighted by atomic mass is 10.0. The lowest BCUT2D eigenvalue weighted by Gasteiger charge is -2.17. The van der Waals surface area contributed by atoms with Crippen molar-refractivity contribution in [3.05, 3.63) is 41.3 Å². The molecule has 0 bridgehead atoms. The average molecular weight is 381 g/mol. The Morgan fingerprint density at radius 1 is 1.33 bits per heavy atom. The van der Waals surface area contributed by atoms with Gasteiger partial charge in [0.25, 0.3) is 5.91 Å². The van der Waals surface area contributed by atoms with E-state index in [9.17, 15) is 18.0 Å². The fourth-order valence-electron chi connectivity index (χ4n) is 3.06. The van der Waals surface area contributed by atoms with Crippen LogP contribution in [0.25, 0.3) is 5.82 Å². The van der Waals surface area contributed by atoms with Gasteiger partial charge < -0.3 is 11.1 Å². The van der Waals surface area contributed by atoms with Gasteiger partial charge in [0, 0.05) is 18.8 Å². The molecule has 1 aliphatic carbocycles. The van der Waals surface area contributed by atoms with Crippen molar-refractivity contribution in [2.75, 3.05) is 6.54 Å². The Balaban J connectivity index is 1.90. The average Bonchev–Trinajstić information content (AvgIpc) is 3.35. The molecule has 0 aromatic carbocycles. The van der Waals surface area contributed by atoms with Gasteiger partial charge in [-0.05, 0) is 36.8 Å². The Labute approximate surface area is 155 Å². The molecule has 3 rings (SSSR count). The molecule has 0 aliphatic heterocycles. The van der Waals surface area contributed by atoms with Gasteiger partial charge in [-0.1, -0.05) is 13.8 Å². The SMILES string of the molecule is CC(C)c1c(C(=O)N[C@H](CN)C2CC2)cnn1-c1ccc(C(F)(F)F)cn1. The second-order valence-electron chi connectivity index (χ2n) is 7.07. The molecule has 2 heterocycles. The van der Waals surface area contributed by atoms with Crippen molar-refractivity contribution in [2.24, 2.45) is 11.7 Å². The van der Waals surface area contributed by atoms with Gasteiger partial charge in [-0.2, -0.15) is 18.3 Å². The first-order valence-corrected chi connectivity index (χ1v) is 8.84. The molecule has 0 unspecified atom stereocenters. The molecule has 6 nitrogen and oxygen atoms in total. The zero-order chi connectivity index (χ0) is 19.8. The van der Waals surface area contributed by atoms with E-state index in [1.807, 2.05) is 13.8 Å². The molecule has 1 fully saturated rings. The molecule has 0 radical (unpaired) electrons. The van der Waals surface area contributed by atoms with Crippen molar-refractivity contribution in [3.63, 3.8) is 0 Å². The molecule has 2 aromatic rings. The van der Waals surface area contributed by atoms with Crippen LogP contribution in [0.5, 0.6) is 0 Å². The molecule has 0 spiro atoms. The number of hydrogen-bond acceptors (Lipinski definition) is 4. The molecule has 27 heavy (non-hydrogen) atoms. The van der Waals surface area contributed by atoms with Crippen molar-refractivity contribution in [1.82, 2.24) is 20.1 Å². The topological polar surface area (TPSA) is 85.8 Å². The second kappa shape index (κ2) is 7.30. The van der Waals surface area contributed by atoms with E-state index in [4.69, 9.17) is 5.73 Å². The highest BCUT2D eigenvalue weighted by molar-refractivity contribution is 5.95. The number of pyridine rings is 1. The van der Waals surface area contributed by atoms with Crippen LogP contribution in [-0.2, 0) is 6.18 Å². The minimum atomic E-state index is -4.46. The molecule has 1 aliphatic rings.